The van der Waals surface area contributed by atoms with E-state index in [-0.39, 0.29) is 11.7 Å². The maximum Gasteiger partial charge on any atom is 0.293 e. The standard InChI is InChI=1S/C18H15N3O3S3/c1-10-13-8-11(23-2)5-6-14(13)24-15(10)16(22)19-17-20-21-18(27-17)26-9-12-4-3-7-25-12/h3-8H,9H2,1-2H3,(H,19,20,22). The molecule has 0 spiro atoms. The van der Waals surface area contributed by atoms with Crippen LogP contribution in [0, 0.1) is 6.92 Å². The van der Waals surface area contributed by atoms with Gasteiger partial charge in [0.05, 0.1) is 7.11 Å². The van der Waals surface area contributed by atoms with E-state index in [0.29, 0.717) is 10.7 Å². The van der Waals surface area contributed by atoms with Crippen LogP contribution in [0.1, 0.15) is 21.0 Å². The molecule has 0 aliphatic heterocycles. The average molecular weight is 418 g/mol. The predicted molar refractivity (Wildman–Crippen MR) is 109 cm³/mol. The number of nitrogens with zero attached hydrogens (tertiary/aromatic N) is 2. The summed E-state index contributed by atoms with van der Waals surface area (Å²) in [7, 11) is 1.60. The summed E-state index contributed by atoms with van der Waals surface area (Å²) in [6, 6.07) is 9.56. The lowest BCUT2D eigenvalue weighted by Gasteiger charge is -1.98. The third kappa shape index (κ3) is 3.85. The Morgan fingerprint density at radius 3 is 3.00 bits per heavy atom. The van der Waals surface area contributed by atoms with Gasteiger partial charge in [-0.3, -0.25) is 10.1 Å². The Balaban J connectivity index is 1.47. The SMILES string of the molecule is COc1ccc2oc(C(=O)Nc3nnc(SCc4cccs4)s3)c(C)c2c1. The Kier molecular flexibility index (Phi) is 5.15. The Morgan fingerprint density at radius 1 is 1.33 bits per heavy atom. The minimum atomic E-state index is -0.339. The number of benzene rings is 1. The minimum Gasteiger partial charge on any atom is -0.497 e. The van der Waals surface area contributed by atoms with Crippen LogP contribution in [0.15, 0.2) is 44.5 Å². The number of thioether (sulfide) groups is 1. The van der Waals surface area contributed by atoms with Gasteiger partial charge in [0.2, 0.25) is 5.13 Å². The molecule has 3 aromatic heterocycles. The van der Waals surface area contributed by atoms with Crippen LogP contribution in [0.25, 0.3) is 11.0 Å². The lowest BCUT2D eigenvalue weighted by molar-refractivity contribution is 0.0998. The van der Waals surface area contributed by atoms with Gasteiger partial charge < -0.3 is 9.15 Å². The number of carbonyl (C=O) groups is 1. The summed E-state index contributed by atoms with van der Waals surface area (Å²) in [5, 5.41) is 14.3. The van der Waals surface area contributed by atoms with Crippen molar-refractivity contribution >= 4 is 56.4 Å². The highest BCUT2D eigenvalue weighted by Crippen LogP contribution is 2.31. The number of amides is 1. The zero-order valence-corrected chi connectivity index (χ0v) is 17.0. The molecule has 6 nitrogen and oxygen atoms in total. The van der Waals surface area contributed by atoms with Crippen molar-refractivity contribution in [3.63, 3.8) is 0 Å². The number of ether oxygens (including phenoxy) is 1. The fourth-order valence-corrected chi connectivity index (χ4v) is 5.06. The third-order valence-corrected chi connectivity index (χ3v) is 6.97. The second-order valence-electron chi connectivity index (χ2n) is 5.61. The molecule has 1 amide bonds. The maximum absolute atomic E-state index is 12.6. The first-order chi connectivity index (χ1) is 13.1. The summed E-state index contributed by atoms with van der Waals surface area (Å²) in [6.07, 6.45) is 0. The molecule has 9 heteroatoms. The van der Waals surface area contributed by atoms with Crippen molar-refractivity contribution in [2.24, 2.45) is 0 Å². The number of rotatable bonds is 6. The molecule has 1 aromatic carbocycles. The van der Waals surface area contributed by atoms with Gasteiger partial charge in [-0.1, -0.05) is 29.2 Å². The normalized spacial score (nSPS) is 11.0. The van der Waals surface area contributed by atoms with E-state index in [1.165, 1.54) is 16.2 Å². The van der Waals surface area contributed by atoms with Crippen molar-refractivity contribution in [2.45, 2.75) is 17.0 Å². The van der Waals surface area contributed by atoms with Crippen molar-refractivity contribution in [2.75, 3.05) is 12.4 Å². The van der Waals surface area contributed by atoms with Gasteiger partial charge >= 0.3 is 0 Å². The number of methoxy groups -OCH3 is 1. The molecule has 27 heavy (non-hydrogen) atoms. The Morgan fingerprint density at radius 2 is 2.22 bits per heavy atom. The second-order valence-corrected chi connectivity index (χ2v) is 8.85. The quantitative estimate of drug-likeness (QED) is 0.343. The van der Waals surface area contributed by atoms with Gasteiger partial charge in [0, 0.05) is 21.6 Å². The number of thiophene rings is 1. The first-order valence-electron chi connectivity index (χ1n) is 8.01. The fraction of sp³-hybridized carbons (Fsp3) is 0.167. The Bertz CT molecular complexity index is 1090. The predicted octanol–water partition coefficient (Wildman–Crippen LogP) is 5.21. The molecule has 0 saturated heterocycles. The molecule has 0 saturated carbocycles. The number of carbonyl (C=O) groups excluding carboxylic acids is 1. The lowest BCUT2D eigenvalue weighted by atomic mass is 10.1. The van der Waals surface area contributed by atoms with E-state index in [4.69, 9.17) is 9.15 Å². The summed E-state index contributed by atoms with van der Waals surface area (Å²) >= 11 is 4.66. The molecule has 0 unspecified atom stereocenters. The number of aromatic nitrogens is 2. The summed E-state index contributed by atoms with van der Waals surface area (Å²) < 4.78 is 11.8. The number of anilines is 1. The largest absolute Gasteiger partial charge is 0.497 e. The molecule has 0 bridgehead atoms. The molecule has 138 valence electrons. The van der Waals surface area contributed by atoms with Gasteiger partial charge in [0.15, 0.2) is 10.1 Å². The second kappa shape index (κ2) is 7.71. The molecule has 3 heterocycles. The molecular weight excluding hydrogens is 402 g/mol. The molecular formula is C18H15N3O3S3. The van der Waals surface area contributed by atoms with Crippen LogP contribution in [0.5, 0.6) is 5.75 Å². The maximum atomic E-state index is 12.6. The highest BCUT2D eigenvalue weighted by Gasteiger charge is 2.19. The summed E-state index contributed by atoms with van der Waals surface area (Å²) in [5.41, 5.74) is 1.40. The highest BCUT2D eigenvalue weighted by molar-refractivity contribution is 8.00. The van der Waals surface area contributed by atoms with E-state index in [1.807, 2.05) is 24.4 Å². The minimum absolute atomic E-state index is 0.265. The Labute approximate surface area is 167 Å². The van der Waals surface area contributed by atoms with Crippen molar-refractivity contribution in [3.8, 4) is 5.75 Å². The first kappa shape index (κ1) is 18.0. The zero-order chi connectivity index (χ0) is 18.8. The molecule has 4 aromatic rings. The van der Waals surface area contributed by atoms with Crippen LogP contribution >= 0.6 is 34.4 Å². The van der Waals surface area contributed by atoms with Crippen LogP contribution in [0.3, 0.4) is 0 Å². The number of aryl methyl sites for hydroxylation is 1. The summed E-state index contributed by atoms with van der Waals surface area (Å²) in [4.78, 5) is 13.9. The van der Waals surface area contributed by atoms with Crippen LogP contribution in [-0.2, 0) is 5.75 Å². The molecule has 0 radical (unpaired) electrons. The van der Waals surface area contributed by atoms with Gasteiger partial charge in [0.1, 0.15) is 11.3 Å². The molecule has 4 rings (SSSR count). The zero-order valence-electron chi connectivity index (χ0n) is 14.5. The van der Waals surface area contributed by atoms with Gasteiger partial charge in [-0.15, -0.1) is 21.5 Å². The van der Waals surface area contributed by atoms with Crippen LogP contribution in [-0.4, -0.2) is 23.2 Å². The van der Waals surface area contributed by atoms with E-state index < -0.39 is 0 Å². The Hall–Kier alpha value is -2.36. The molecule has 0 fully saturated rings. The van der Waals surface area contributed by atoms with Gasteiger partial charge in [-0.05, 0) is 36.6 Å². The molecule has 1 N–H and O–H groups in total. The monoisotopic (exact) mass is 417 g/mol. The number of hydrogen-bond acceptors (Lipinski definition) is 8. The van der Waals surface area contributed by atoms with E-state index in [0.717, 1.165) is 26.8 Å². The number of furan rings is 1. The van der Waals surface area contributed by atoms with Crippen LogP contribution < -0.4 is 10.1 Å². The number of fused-ring (bicyclic) bond motifs is 1. The van der Waals surface area contributed by atoms with E-state index in [9.17, 15) is 4.79 Å². The van der Waals surface area contributed by atoms with Crippen LogP contribution in [0.4, 0.5) is 5.13 Å². The summed E-state index contributed by atoms with van der Waals surface area (Å²) in [6.45, 7) is 1.85. The van der Waals surface area contributed by atoms with Crippen molar-refractivity contribution in [3.05, 3.63) is 51.9 Å². The first-order valence-corrected chi connectivity index (χ1v) is 10.7. The van der Waals surface area contributed by atoms with Gasteiger partial charge in [0.25, 0.3) is 5.91 Å². The van der Waals surface area contributed by atoms with E-state index in [2.05, 4.69) is 21.6 Å². The topological polar surface area (TPSA) is 77.2 Å². The van der Waals surface area contributed by atoms with Gasteiger partial charge in [-0.2, -0.15) is 0 Å². The smallest absolute Gasteiger partial charge is 0.293 e. The molecule has 0 aliphatic rings. The third-order valence-electron chi connectivity index (χ3n) is 3.89. The van der Waals surface area contributed by atoms with Crippen molar-refractivity contribution < 1.29 is 13.9 Å². The van der Waals surface area contributed by atoms with Crippen LogP contribution in [0.2, 0.25) is 0 Å². The van der Waals surface area contributed by atoms with Gasteiger partial charge in [-0.25, -0.2) is 0 Å². The highest BCUT2D eigenvalue weighted by atomic mass is 32.2. The molecule has 0 aliphatic carbocycles. The lowest BCUT2D eigenvalue weighted by Crippen LogP contribution is -2.11. The summed E-state index contributed by atoms with van der Waals surface area (Å²) in [5.74, 6) is 1.48. The van der Waals surface area contributed by atoms with Crippen molar-refractivity contribution in [1.29, 1.82) is 0 Å². The van der Waals surface area contributed by atoms with E-state index in [1.54, 1.807) is 42.3 Å². The van der Waals surface area contributed by atoms with Crippen molar-refractivity contribution in [1.82, 2.24) is 10.2 Å². The number of nitrogens with one attached hydrogen (secondary N) is 1. The van der Waals surface area contributed by atoms with E-state index >= 15 is 0 Å². The molecule has 0 atom stereocenters. The number of hydrogen-bond donors (Lipinski definition) is 1. The average Bonchev–Trinajstić information content (AvgIpc) is 3.41. The fourth-order valence-electron chi connectivity index (χ4n) is 2.54.